The van der Waals surface area contributed by atoms with Crippen LogP contribution in [0.5, 0.6) is 0 Å². The number of carbonyl (C=O) groups excluding carboxylic acids is 1. The summed E-state index contributed by atoms with van der Waals surface area (Å²) in [5, 5.41) is 3.90. The summed E-state index contributed by atoms with van der Waals surface area (Å²) >= 11 is 0. The molecular formula is C26H21FN2O. The molecule has 4 heteroatoms. The Labute approximate surface area is 174 Å². The van der Waals surface area contributed by atoms with E-state index in [0.29, 0.717) is 28.8 Å². The first-order valence-electron chi connectivity index (χ1n) is 9.77. The van der Waals surface area contributed by atoms with Crippen molar-refractivity contribution in [3.05, 3.63) is 113 Å². The van der Waals surface area contributed by atoms with Crippen molar-refractivity contribution in [3.8, 4) is 0 Å². The summed E-state index contributed by atoms with van der Waals surface area (Å²) in [5.41, 5.74) is 4.14. The van der Waals surface area contributed by atoms with Crippen molar-refractivity contribution in [3.63, 3.8) is 0 Å². The Kier molecular flexibility index (Phi) is 5.66. The lowest BCUT2D eigenvalue weighted by Gasteiger charge is -2.13. The quantitative estimate of drug-likeness (QED) is 0.437. The third kappa shape index (κ3) is 4.28. The lowest BCUT2D eigenvalue weighted by molar-refractivity contribution is 0.102. The molecule has 0 saturated carbocycles. The number of aromatic nitrogens is 1. The second-order valence-corrected chi connectivity index (χ2v) is 7.11. The Balaban J connectivity index is 1.64. The molecule has 148 valence electrons. The van der Waals surface area contributed by atoms with E-state index in [1.165, 1.54) is 12.1 Å². The Morgan fingerprint density at radius 3 is 2.67 bits per heavy atom. The number of hydrogen-bond acceptors (Lipinski definition) is 2. The smallest absolute Gasteiger partial charge is 0.256 e. The summed E-state index contributed by atoms with van der Waals surface area (Å²) in [6.45, 7) is 1.75. The Bertz CT molecular complexity index is 1230. The third-order valence-electron chi connectivity index (χ3n) is 4.94. The molecule has 1 heterocycles. The van der Waals surface area contributed by atoms with Crippen LogP contribution in [0.1, 0.15) is 27.0 Å². The van der Waals surface area contributed by atoms with E-state index < -0.39 is 0 Å². The number of rotatable bonds is 5. The Morgan fingerprint density at radius 1 is 1.03 bits per heavy atom. The average molecular weight is 396 g/mol. The van der Waals surface area contributed by atoms with Crippen molar-refractivity contribution < 1.29 is 9.18 Å². The van der Waals surface area contributed by atoms with E-state index in [9.17, 15) is 9.18 Å². The van der Waals surface area contributed by atoms with Gasteiger partial charge in [0.15, 0.2) is 0 Å². The fourth-order valence-corrected chi connectivity index (χ4v) is 3.57. The van der Waals surface area contributed by atoms with Gasteiger partial charge in [-0.15, -0.1) is 0 Å². The van der Waals surface area contributed by atoms with Gasteiger partial charge in [0, 0.05) is 17.1 Å². The van der Waals surface area contributed by atoms with Crippen molar-refractivity contribution >= 4 is 28.6 Å². The fraction of sp³-hybridized carbons (Fsp3) is 0.0769. The number of nitrogens with zero attached hydrogens (tertiary/aromatic N) is 1. The second-order valence-electron chi connectivity index (χ2n) is 7.11. The normalized spacial score (nSPS) is 11.1. The largest absolute Gasteiger partial charge is 0.320 e. The molecule has 0 spiro atoms. The number of aryl methyl sites for hydroxylation is 1. The molecule has 0 unspecified atom stereocenters. The van der Waals surface area contributed by atoms with Gasteiger partial charge < -0.3 is 5.32 Å². The number of benzene rings is 3. The Morgan fingerprint density at radius 2 is 1.83 bits per heavy atom. The lowest BCUT2D eigenvalue weighted by Crippen LogP contribution is -2.16. The van der Waals surface area contributed by atoms with E-state index in [1.807, 2.05) is 72.8 Å². The van der Waals surface area contributed by atoms with Crippen LogP contribution in [0.25, 0.3) is 17.0 Å². The van der Waals surface area contributed by atoms with E-state index in [-0.39, 0.29) is 11.7 Å². The van der Waals surface area contributed by atoms with E-state index in [0.717, 1.165) is 16.5 Å². The highest BCUT2D eigenvalue weighted by Crippen LogP contribution is 2.24. The van der Waals surface area contributed by atoms with Gasteiger partial charge >= 0.3 is 0 Å². The maximum Gasteiger partial charge on any atom is 0.256 e. The maximum absolute atomic E-state index is 14.1. The van der Waals surface area contributed by atoms with E-state index in [2.05, 4.69) is 10.3 Å². The molecule has 3 nitrogen and oxygen atoms in total. The lowest BCUT2D eigenvalue weighted by atomic mass is 9.97. The van der Waals surface area contributed by atoms with Crippen molar-refractivity contribution in [2.45, 2.75) is 13.3 Å². The molecule has 0 saturated heterocycles. The summed E-state index contributed by atoms with van der Waals surface area (Å²) in [6.07, 6.45) is 6.06. The number of anilines is 1. The van der Waals surface area contributed by atoms with Crippen LogP contribution in [0.4, 0.5) is 10.1 Å². The molecular weight excluding hydrogens is 375 g/mol. The summed E-state index contributed by atoms with van der Waals surface area (Å²) in [7, 11) is 0. The van der Waals surface area contributed by atoms with Crippen LogP contribution in [0.2, 0.25) is 0 Å². The highest BCUT2D eigenvalue weighted by atomic mass is 19.1. The van der Waals surface area contributed by atoms with E-state index in [4.69, 9.17) is 0 Å². The molecule has 0 atom stereocenters. The van der Waals surface area contributed by atoms with Gasteiger partial charge in [-0.3, -0.25) is 9.78 Å². The molecule has 1 N–H and O–H groups in total. The first kappa shape index (κ1) is 19.5. The molecule has 1 amide bonds. The summed E-state index contributed by atoms with van der Waals surface area (Å²) in [4.78, 5) is 17.5. The molecule has 0 radical (unpaired) electrons. The van der Waals surface area contributed by atoms with Crippen LogP contribution in [-0.2, 0) is 6.42 Å². The first-order chi connectivity index (χ1) is 14.6. The topological polar surface area (TPSA) is 42.0 Å². The van der Waals surface area contributed by atoms with Gasteiger partial charge in [0.1, 0.15) is 5.82 Å². The van der Waals surface area contributed by atoms with Gasteiger partial charge in [0.2, 0.25) is 0 Å². The summed E-state index contributed by atoms with van der Waals surface area (Å²) in [6, 6.07) is 22.1. The van der Waals surface area contributed by atoms with Crippen LogP contribution in [0, 0.1) is 12.7 Å². The number of para-hydroxylation sites is 1. The monoisotopic (exact) mass is 396 g/mol. The number of pyridine rings is 1. The minimum Gasteiger partial charge on any atom is -0.320 e. The molecule has 0 aliphatic rings. The highest BCUT2D eigenvalue weighted by Gasteiger charge is 2.17. The fourth-order valence-electron chi connectivity index (χ4n) is 3.57. The van der Waals surface area contributed by atoms with Crippen molar-refractivity contribution in [1.29, 1.82) is 0 Å². The molecule has 1 aromatic heterocycles. The SMILES string of the molecule is Cc1cc(F)cc(C/C=C/c2ccccc2)c1C(=O)Nc1cccc2cccnc12. The standard InChI is InChI=1S/C26H21FN2O/c1-18-16-22(27)17-21(12-5-10-19-8-3-2-4-9-19)24(18)26(30)29-23-14-6-11-20-13-7-15-28-25(20)23/h2-11,13-17H,12H2,1H3,(H,29,30)/b10-5+. The van der Waals surface area contributed by atoms with Gasteiger partial charge in [0.25, 0.3) is 5.91 Å². The predicted molar refractivity (Wildman–Crippen MR) is 120 cm³/mol. The second kappa shape index (κ2) is 8.70. The van der Waals surface area contributed by atoms with Crippen molar-refractivity contribution in [2.75, 3.05) is 5.32 Å². The molecule has 0 bridgehead atoms. The maximum atomic E-state index is 14.1. The minimum absolute atomic E-state index is 0.270. The van der Waals surface area contributed by atoms with Crippen LogP contribution < -0.4 is 5.32 Å². The summed E-state index contributed by atoms with van der Waals surface area (Å²) in [5.74, 6) is -0.618. The highest BCUT2D eigenvalue weighted by molar-refractivity contribution is 6.09. The number of nitrogens with one attached hydrogen (secondary N) is 1. The zero-order valence-corrected chi connectivity index (χ0v) is 16.6. The summed E-state index contributed by atoms with van der Waals surface area (Å²) < 4.78 is 14.1. The molecule has 0 aliphatic heterocycles. The number of halogens is 1. The predicted octanol–water partition coefficient (Wildman–Crippen LogP) is 6.19. The number of allylic oxidation sites excluding steroid dienone is 1. The Hall–Kier alpha value is -3.79. The van der Waals surface area contributed by atoms with Crippen LogP contribution in [0.3, 0.4) is 0 Å². The molecule has 4 rings (SSSR count). The molecule has 3 aromatic carbocycles. The number of carbonyl (C=O) groups is 1. The number of hydrogen-bond donors (Lipinski definition) is 1. The third-order valence-corrected chi connectivity index (χ3v) is 4.94. The number of amides is 1. The van der Waals surface area contributed by atoms with Crippen molar-refractivity contribution in [1.82, 2.24) is 4.98 Å². The van der Waals surface area contributed by atoms with E-state index >= 15 is 0 Å². The first-order valence-corrected chi connectivity index (χ1v) is 9.77. The zero-order valence-electron chi connectivity index (χ0n) is 16.6. The number of fused-ring (bicyclic) bond motifs is 1. The molecule has 0 fully saturated rings. The zero-order chi connectivity index (χ0) is 20.9. The van der Waals surface area contributed by atoms with Gasteiger partial charge in [-0.05, 0) is 54.3 Å². The van der Waals surface area contributed by atoms with Gasteiger partial charge in [-0.2, -0.15) is 0 Å². The van der Waals surface area contributed by atoms with Crippen LogP contribution >= 0.6 is 0 Å². The molecule has 30 heavy (non-hydrogen) atoms. The van der Waals surface area contributed by atoms with Gasteiger partial charge in [-0.25, -0.2) is 4.39 Å². The van der Waals surface area contributed by atoms with Crippen molar-refractivity contribution in [2.24, 2.45) is 0 Å². The van der Waals surface area contributed by atoms with E-state index in [1.54, 1.807) is 13.1 Å². The van der Waals surface area contributed by atoms with Gasteiger partial charge in [0.05, 0.1) is 11.2 Å². The molecule has 4 aromatic rings. The molecule has 0 aliphatic carbocycles. The average Bonchev–Trinajstić information content (AvgIpc) is 2.74. The minimum atomic E-state index is -0.348. The van der Waals surface area contributed by atoms with Gasteiger partial charge in [-0.1, -0.05) is 60.7 Å². The van der Waals surface area contributed by atoms with Crippen LogP contribution in [-0.4, -0.2) is 10.9 Å². The van der Waals surface area contributed by atoms with Crippen LogP contribution in [0.15, 0.2) is 85.1 Å².